The molecule has 6 heteroatoms. The van der Waals surface area contributed by atoms with E-state index in [2.05, 4.69) is 16.1 Å². The Morgan fingerprint density at radius 1 is 1.56 bits per heavy atom. The first-order chi connectivity index (χ1) is 3.83. The number of nitrogens with two attached hydrogens (primary N) is 2. The summed E-state index contributed by atoms with van der Waals surface area (Å²) in [5.74, 6) is 4.49. The zero-order valence-corrected chi connectivity index (χ0v) is 6.26. The summed E-state index contributed by atoms with van der Waals surface area (Å²) < 4.78 is 0. The number of halogens is 1. The molecule has 5 N–H and O–H groups in total. The molecule has 0 unspecified atom stereocenters. The van der Waals surface area contributed by atoms with Gasteiger partial charge in [0.05, 0.1) is 14.1 Å². The lowest BCUT2D eigenvalue weighted by atomic mass is 11.3. The maximum atomic E-state index is 6.00. The molecule has 0 saturated carbocycles. The number of hydrazone groups is 1. The van der Waals surface area contributed by atoms with E-state index in [0.29, 0.717) is 0 Å². The van der Waals surface area contributed by atoms with Gasteiger partial charge in [-0.3, -0.25) is 0 Å². The largest absolute Gasteiger partial charge is 1.00 e. The van der Waals surface area contributed by atoms with Crippen molar-refractivity contribution in [1.82, 2.24) is 0 Å². The molecule has 0 atom stereocenters. The molecule has 0 aliphatic carbocycles. The van der Waals surface area contributed by atoms with Crippen molar-refractivity contribution in [3.8, 4) is 0 Å². The minimum Gasteiger partial charge on any atom is -1.00 e. The van der Waals surface area contributed by atoms with Crippen LogP contribution in [0, 0.1) is 5.53 Å². The summed E-state index contributed by atoms with van der Waals surface area (Å²) in [7, 11) is 4.00. The Labute approximate surface area is 60.6 Å². The van der Waals surface area contributed by atoms with Crippen LogP contribution in [0.4, 0.5) is 0 Å². The summed E-state index contributed by atoms with van der Waals surface area (Å²) in [6.07, 6.45) is 0.944. The maximum Gasteiger partial charge on any atom is 0.156 e. The second kappa shape index (κ2) is 26.5. The maximum absolute atomic E-state index is 6.00. The lowest BCUT2D eigenvalue weighted by molar-refractivity contribution is -0.597. The molecule has 0 aromatic rings. The molecule has 0 rings (SSSR count). The zero-order valence-electron chi connectivity index (χ0n) is 5.50. The van der Waals surface area contributed by atoms with Crippen molar-refractivity contribution in [2.24, 2.45) is 16.1 Å². The molecule has 9 heavy (non-hydrogen) atoms. The molecule has 0 fully saturated rings. The first-order valence-corrected chi connectivity index (χ1v) is 2.15. The van der Waals surface area contributed by atoms with Crippen LogP contribution in [0.2, 0.25) is 0 Å². The van der Waals surface area contributed by atoms with Crippen LogP contribution in [0.25, 0.3) is 0 Å². The predicted octanol–water partition coefficient (Wildman–Crippen LogP) is -4.27. The Bertz CT molecular complexity index is 63.2. The van der Waals surface area contributed by atoms with Gasteiger partial charge in [-0.2, -0.15) is 5.10 Å². The van der Waals surface area contributed by atoms with Gasteiger partial charge in [0.1, 0.15) is 0 Å². The van der Waals surface area contributed by atoms with Crippen molar-refractivity contribution in [3.63, 3.8) is 0 Å². The monoisotopic (exact) mass is 153 g/mol. The Morgan fingerprint density at radius 3 is 1.89 bits per heavy atom. The first-order valence-electron chi connectivity index (χ1n) is 2.15. The summed E-state index contributed by atoms with van der Waals surface area (Å²) in [6.45, 7) is 0. The predicted molar refractivity (Wildman–Crippen MR) is 31.6 cm³/mol. The number of rotatable bonds is 1. The number of hydrogen-bond donors (Lipinski definition) is 3. The molecule has 0 aromatic heterocycles. The molecule has 0 aliphatic heterocycles. The smallest absolute Gasteiger partial charge is 0.156 e. The summed E-state index contributed by atoms with van der Waals surface area (Å²) in [4.78, 5) is 0. The molecule has 0 heterocycles. The van der Waals surface area contributed by atoms with E-state index >= 15 is 0 Å². The quantitative estimate of drug-likeness (QED) is 0.115. The van der Waals surface area contributed by atoms with Gasteiger partial charge < -0.3 is 23.6 Å². The third-order valence-electron chi connectivity index (χ3n) is 0.124. The molecule has 0 spiro atoms. The van der Waals surface area contributed by atoms with Gasteiger partial charge >= 0.3 is 0 Å². The van der Waals surface area contributed by atoms with E-state index in [9.17, 15) is 0 Å². The van der Waals surface area contributed by atoms with Crippen molar-refractivity contribution >= 4 is 6.34 Å². The number of hydrogen-bond acceptors (Lipinski definition) is 3. The fraction of sp³-hybridized carbons (Fsp3) is 0.667. The highest BCUT2D eigenvalue weighted by molar-refractivity contribution is 5.52. The molecule has 0 saturated heterocycles. The van der Waals surface area contributed by atoms with Crippen molar-refractivity contribution < 1.29 is 17.7 Å². The summed E-state index contributed by atoms with van der Waals surface area (Å²) in [5, 5.41) is 7.56. The standard InChI is InChI=1S/C2H7N.CH4N4.ClH/c1-3-2;2-4-1-5-3;/h3H,1-2H3;1-2H,3H2;1H. The number of nitrogens with one attached hydrogen (secondary N) is 1. The minimum atomic E-state index is 0. The lowest BCUT2D eigenvalue weighted by Gasteiger charge is -1.58. The van der Waals surface area contributed by atoms with Crippen molar-refractivity contribution in [3.05, 3.63) is 0 Å². The van der Waals surface area contributed by atoms with Crippen LogP contribution >= 0.6 is 0 Å². The van der Waals surface area contributed by atoms with Gasteiger partial charge in [-0.05, 0) is 0 Å². The SMILES string of the molecule is C[NH2+]C.N=NC=NN.[Cl-]. The van der Waals surface area contributed by atoms with Crippen LogP contribution in [-0.2, 0) is 0 Å². The van der Waals surface area contributed by atoms with Gasteiger partial charge in [0.25, 0.3) is 0 Å². The molecule has 0 bridgehead atoms. The van der Waals surface area contributed by atoms with Gasteiger partial charge in [-0.1, -0.05) is 0 Å². The topological polar surface area (TPSA) is 91.2 Å². The summed E-state index contributed by atoms with van der Waals surface area (Å²) in [6, 6.07) is 0. The average molecular weight is 154 g/mol. The van der Waals surface area contributed by atoms with Gasteiger partial charge in [0.15, 0.2) is 6.34 Å². The van der Waals surface area contributed by atoms with Crippen LogP contribution in [-0.4, -0.2) is 20.4 Å². The molecule has 0 radical (unpaired) electrons. The molecule has 0 aromatic carbocycles. The highest BCUT2D eigenvalue weighted by atomic mass is 35.5. The summed E-state index contributed by atoms with van der Waals surface area (Å²) in [5.41, 5.74) is 6.00. The molecule has 0 aliphatic rings. The van der Waals surface area contributed by atoms with E-state index in [0.717, 1.165) is 6.34 Å². The van der Waals surface area contributed by atoms with E-state index in [1.54, 1.807) is 0 Å². The van der Waals surface area contributed by atoms with E-state index < -0.39 is 0 Å². The second-order valence-electron chi connectivity index (χ2n) is 0.971. The van der Waals surface area contributed by atoms with Gasteiger partial charge in [-0.15, -0.1) is 5.11 Å². The Hall–Kier alpha value is -0.680. The normalized spacial score (nSPS) is 6.89. The van der Waals surface area contributed by atoms with Crippen molar-refractivity contribution in [2.75, 3.05) is 14.1 Å². The highest BCUT2D eigenvalue weighted by Crippen LogP contribution is 1.44. The molecular weight excluding hydrogens is 142 g/mol. The average Bonchev–Trinajstić information content (AvgIpc) is 1.71. The zero-order chi connectivity index (χ0) is 6.83. The Morgan fingerprint density at radius 2 is 1.89 bits per heavy atom. The van der Waals surface area contributed by atoms with Crippen molar-refractivity contribution in [2.45, 2.75) is 0 Å². The fourth-order valence-corrected chi connectivity index (χ4v) is 0.0333. The molecule has 0 amide bonds. The Kier molecular flexibility index (Phi) is 46.4. The third kappa shape index (κ3) is 119. The first kappa shape index (κ1) is 15.8. The van der Waals surface area contributed by atoms with Crippen LogP contribution in [0.3, 0.4) is 0 Å². The molecular formula is C3H12ClN5. The van der Waals surface area contributed by atoms with Crippen LogP contribution < -0.4 is 23.6 Å². The van der Waals surface area contributed by atoms with E-state index in [1.807, 2.05) is 19.4 Å². The van der Waals surface area contributed by atoms with Crippen LogP contribution in [0.15, 0.2) is 10.2 Å². The highest BCUT2D eigenvalue weighted by Gasteiger charge is 1.43. The van der Waals surface area contributed by atoms with Crippen molar-refractivity contribution in [1.29, 1.82) is 5.53 Å². The van der Waals surface area contributed by atoms with E-state index in [1.165, 1.54) is 0 Å². The summed E-state index contributed by atoms with van der Waals surface area (Å²) >= 11 is 0. The number of quaternary nitrogens is 1. The van der Waals surface area contributed by atoms with E-state index in [4.69, 9.17) is 5.53 Å². The van der Waals surface area contributed by atoms with E-state index in [-0.39, 0.29) is 12.4 Å². The van der Waals surface area contributed by atoms with Gasteiger partial charge in [0, 0.05) is 0 Å². The fourth-order valence-electron chi connectivity index (χ4n) is 0.0333. The van der Waals surface area contributed by atoms with Crippen LogP contribution in [0.1, 0.15) is 0 Å². The number of nitrogens with zero attached hydrogens (tertiary/aromatic N) is 2. The molecule has 56 valence electrons. The van der Waals surface area contributed by atoms with Crippen LogP contribution in [0.5, 0.6) is 0 Å². The lowest BCUT2D eigenvalue weighted by Crippen LogP contribution is -3.00. The minimum absolute atomic E-state index is 0. The second-order valence-corrected chi connectivity index (χ2v) is 0.971. The third-order valence-corrected chi connectivity index (χ3v) is 0.124. The Balaban J connectivity index is -0.0000000800. The molecule has 5 nitrogen and oxygen atoms in total. The van der Waals surface area contributed by atoms with Gasteiger partial charge in [-0.25, -0.2) is 5.53 Å². The van der Waals surface area contributed by atoms with Gasteiger partial charge in [0.2, 0.25) is 0 Å².